The number of ether oxygens (including phenoxy) is 1. The Morgan fingerprint density at radius 2 is 1.61 bits per heavy atom. The fraction of sp³-hybridized carbons (Fsp3) is 0.818. The second-order valence-corrected chi connectivity index (χ2v) is 15.2. The average Bonchev–Trinajstić information content (AvgIpc) is 3.13. The van der Waals surface area contributed by atoms with Crippen LogP contribution in [0.5, 0.6) is 0 Å². The lowest BCUT2D eigenvalue weighted by atomic mass is 9.36. The van der Waals surface area contributed by atoms with Gasteiger partial charge in [-0.15, -0.1) is 0 Å². The molecule has 0 radical (unpaired) electrons. The van der Waals surface area contributed by atoms with E-state index < -0.39 is 5.41 Å². The molecule has 0 aromatic heterocycles. The molecule has 0 aromatic carbocycles. The smallest absolute Gasteiger partial charge is 0.312 e. The van der Waals surface area contributed by atoms with Crippen LogP contribution in [-0.2, 0) is 14.3 Å². The van der Waals surface area contributed by atoms with Crippen LogP contribution in [-0.4, -0.2) is 17.9 Å². The first kappa shape index (κ1) is 26.2. The van der Waals surface area contributed by atoms with Crippen molar-refractivity contribution in [1.82, 2.24) is 0 Å². The van der Waals surface area contributed by atoms with Crippen molar-refractivity contribution < 1.29 is 14.3 Å². The van der Waals surface area contributed by atoms with Crippen LogP contribution >= 0.6 is 0 Å². The van der Waals surface area contributed by atoms with Crippen molar-refractivity contribution in [1.29, 1.82) is 0 Å². The molecule has 5 aliphatic carbocycles. The molecule has 0 aromatic rings. The van der Waals surface area contributed by atoms with Crippen LogP contribution in [0.4, 0.5) is 0 Å². The summed E-state index contributed by atoms with van der Waals surface area (Å²) >= 11 is 0. The second-order valence-electron chi connectivity index (χ2n) is 15.2. The van der Waals surface area contributed by atoms with Gasteiger partial charge < -0.3 is 4.74 Å². The first-order chi connectivity index (χ1) is 16.6. The van der Waals surface area contributed by atoms with Crippen LogP contribution in [0.15, 0.2) is 22.8 Å². The molecule has 0 spiro atoms. The van der Waals surface area contributed by atoms with E-state index in [2.05, 4.69) is 54.5 Å². The minimum atomic E-state index is -0.470. The van der Waals surface area contributed by atoms with Crippen molar-refractivity contribution in [3.63, 3.8) is 0 Å². The Morgan fingerprint density at radius 1 is 0.944 bits per heavy atom. The van der Waals surface area contributed by atoms with Crippen molar-refractivity contribution in [2.75, 3.05) is 0 Å². The lowest BCUT2D eigenvalue weighted by Crippen LogP contribution is -2.63. The Hall–Kier alpha value is -1.38. The zero-order valence-electron chi connectivity index (χ0n) is 24.5. The predicted molar refractivity (Wildman–Crippen MR) is 145 cm³/mol. The van der Waals surface area contributed by atoms with Crippen LogP contribution in [0.25, 0.3) is 0 Å². The molecule has 8 atom stereocenters. The van der Waals surface area contributed by atoms with Gasteiger partial charge in [0.05, 0.1) is 11.5 Å². The summed E-state index contributed by atoms with van der Waals surface area (Å²) in [6.45, 7) is 20.4. The lowest BCUT2D eigenvalue weighted by molar-refractivity contribution is -0.169. The highest BCUT2D eigenvalue weighted by Gasteiger charge is 2.69. The van der Waals surface area contributed by atoms with Crippen molar-refractivity contribution in [2.45, 2.75) is 126 Å². The van der Waals surface area contributed by atoms with Crippen molar-refractivity contribution in [2.24, 2.45) is 44.8 Å². The zero-order valence-corrected chi connectivity index (χ0v) is 24.5. The fourth-order valence-corrected chi connectivity index (χ4v) is 10.2. The number of fused-ring (bicyclic) bond motifs is 7. The normalized spacial score (nSPS) is 47.9. The molecule has 5 rings (SSSR count). The number of hydrogen-bond acceptors (Lipinski definition) is 3. The van der Waals surface area contributed by atoms with Gasteiger partial charge in [-0.2, -0.15) is 0 Å². The van der Waals surface area contributed by atoms with Gasteiger partial charge in [0.1, 0.15) is 0 Å². The molecule has 5 aliphatic rings. The van der Waals surface area contributed by atoms with E-state index >= 15 is 0 Å². The number of hydrogen-bond donors (Lipinski definition) is 0. The van der Waals surface area contributed by atoms with Crippen molar-refractivity contribution in [3.8, 4) is 0 Å². The molecule has 4 fully saturated rings. The summed E-state index contributed by atoms with van der Waals surface area (Å²) in [5.74, 6) is 1.26. The summed E-state index contributed by atoms with van der Waals surface area (Å²) in [5, 5.41) is 0. The Labute approximate surface area is 219 Å². The summed E-state index contributed by atoms with van der Waals surface area (Å²) in [7, 11) is 0. The summed E-state index contributed by atoms with van der Waals surface area (Å²) in [4.78, 5) is 27.5. The Bertz CT molecular complexity index is 1050. The van der Waals surface area contributed by atoms with E-state index in [1.54, 1.807) is 5.57 Å². The molecular weight excluding hydrogens is 444 g/mol. The second kappa shape index (κ2) is 8.06. The molecule has 0 saturated heterocycles. The minimum Gasteiger partial charge on any atom is -0.463 e. The van der Waals surface area contributed by atoms with E-state index in [0.29, 0.717) is 11.7 Å². The van der Waals surface area contributed by atoms with Gasteiger partial charge in [0.25, 0.3) is 0 Å². The van der Waals surface area contributed by atoms with Crippen molar-refractivity contribution >= 4 is 11.8 Å². The largest absolute Gasteiger partial charge is 0.463 e. The average molecular weight is 495 g/mol. The standard InChI is InChI=1S/C33H50O3/c1-20(2)22-10-12-31(7)23(22)11-13-33(9)27(31)26(34)18-24-25-19-30(6,28(35)36-21(3)4)15-14-29(25,5)16-17-32(24,33)8/h18,21,23,25,27H,10-17,19H2,1-9H3/t23?,25?,27?,29-,30+,31+,32-,33-/m1/s1. The summed E-state index contributed by atoms with van der Waals surface area (Å²) in [6.07, 6.45) is 11.8. The zero-order chi connectivity index (χ0) is 26.5. The Balaban J connectivity index is 1.57. The molecular formula is C33H50O3. The molecule has 0 heterocycles. The molecule has 3 heteroatoms. The highest BCUT2D eigenvalue weighted by atomic mass is 16.5. The number of rotatable bonds is 2. The molecule has 0 N–H and O–H groups in total. The molecule has 4 saturated carbocycles. The maximum atomic E-state index is 14.3. The third-order valence-electron chi connectivity index (χ3n) is 12.7. The summed E-state index contributed by atoms with van der Waals surface area (Å²) in [5.41, 5.74) is 4.23. The first-order valence-corrected chi connectivity index (χ1v) is 14.7. The Morgan fingerprint density at radius 3 is 2.25 bits per heavy atom. The van der Waals surface area contributed by atoms with E-state index in [0.717, 1.165) is 44.9 Å². The van der Waals surface area contributed by atoms with E-state index in [1.165, 1.54) is 24.0 Å². The summed E-state index contributed by atoms with van der Waals surface area (Å²) in [6, 6.07) is 0. The number of esters is 1. The number of ketones is 1. The van der Waals surface area contributed by atoms with Crippen LogP contribution in [0, 0.1) is 44.8 Å². The topological polar surface area (TPSA) is 43.4 Å². The number of carbonyl (C=O) groups excluding carboxylic acids is 2. The van der Waals surface area contributed by atoms with Gasteiger partial charge in [-0.1, -0.05) is 44.4 Å². The highest BCUT2D eigenvalue weighted by Crippen LogP contribution is 2.74. The number of carbonyl (C=O) groups is 2. The van der Waals surface area contributed by atoms with Crippen LogP contribution in [0.1, 0.15) is 120 Å². The first-order valence-electron chi connectivity index (χ1n) is 14.7. The highest BCUT2D eigenvalue weighted by molar-refractivity contribution is 5.96. The van der Waals surface area contributed by atoms with E-state index in [4.69, 9.17) is 4.74 Å². The Kier molecular flexibility index (Phi) is 5.87. The lowest BCUT2D eigenvalue weighted by Gasteiger charge is -2.67. The molecule has 0 amide bonds. The van der Waals surface area contributed by atoms with E-state index in [-0.39, 0.29) is 45.6 Å². The third kappa shape index (κ3) is 3.35. The van der Waals surface area contributed by atoms with Gasteiger partial charge in [-0.25, -0.2) is 0 Å². The van der Waals surface area contributed by atoms with Gasteiger partial charge >= 0.3 is 5.97 Å². The molecule has 3 nitrogen and oxygen atoms in total. The van der Waals surface area contributed by atoms with Crippen LogP contribution in [0.2, 0.25) is 0 Å². The third-order valence-corrected chi connectivity index (χ3v) is 12.7. The van der Waals surface area contributed by atoms with E-state index in [9.17, 15) is 9.59 Å². The van der Waals surface area contributed by atoms with Crippen molar-refractivity contribution in [3.05, 3.63) is 22.8 Å². The predicted octanol–water partition coefficient (Wildman–Crippen LogP) is 8.23. The molecule has 0 aliphatic heterocycles. The molecule has 3 unspecified atom stereocenters. The van der Waals surface area contributed by atoms with Gasteiger partial charge in [-0.05, 0) is 132 Å². The maximum absolute atomic E-state index is 14.3. The quantitative estimate of drug-likeness (QED) is 0.287. The van der Waals surface area contributed by atoms with E-state index in [1.807, 2.05) is 13.8 Å². The van der Waals surface area contributed by atoms with Crippen LogP contribution < -0.4 is 0 Å². The summed E-state index contributed by atoms with van der Waals surface area (Å²) < 4.78 is 5.75. The SMILES string of the molecule is CC(C)=C1CC[C@@]2(C)C1CC[C@]1(C)C2C(=O)C=C2C3C[C@@](C)(C(=O)OC(C)C)CC[C@]3(C)CC[C@]21C. The minimum absolute atomic E-state index is 0.0116. The number of allylic oxidation sites excluding steroid dienone is 4. The molecule has 200 valence electrons. The fourth-order valence-electron chi connectivity index (χ4n) is 10.2. The van der Waals surface area contributed by atoms with Crippen LogP contribution in [0.3, 0.4) is 0 Å². The van der Waals surface area contributed by atoms with Gasteiger partial charge in [0.2, 0.25) is 0 Å². The van der Waals surface area contributed by atoms with Gasteiger partial charge in [-0.3, -0.25) is 9.59 Å². The molecule has 0 bridgehead atoms. The van der Waals surface area contributed by atoms with Gasteiger partial charge in [0.15, 0.2) is 5.78 Å². The van der Waals surface area contributed by atoms with Gasteiger partial charge in [0, 0.05) is 5.92 Å². The molecule has 36 heavy (non-hydrogen) atoms. The maximum Gasteiger partial charge on any atom is 0.312 e. The monoisotopic (exact) mass is 494 g/mol.